The number of nitrogens with zero attached hydrogens (tertiary/aromatic N) is 3. The first-order valence-electron chi connectivity index (χ1n) is 4.90. The van der Waals surface area contributed by atoms with E-state index in [4.69, 9.17) is 11.6 Å². The van der Waals surface area contributed by atoms with E-state index in [-0.39, 0.29) is 29.0 Å². The molecule has 1 heterocycles. The summed E-state index contributed by atoms with van der Waals surface area (Å²) >= 11 is 5.67. The average Bonchev–Trinajstić information content (AvgIpc) is 2.23. The van der Waals surface area contributed by atoms with Crippen LogP contribution in [-0.2, 0) is 9.84 Å². The normalized spacial score (nSPS) is 11.3. The highest BCUT2D eigenvalue weighted by atomic mass is 35.5. The lowest BCUT2D eigenvalue weighted by atomic mass is 10.4. The van der Waals surface area contributed by atoms with Gasteiger partial charge in [-0.3, -0.25) is 10.1 Å². The molecule has 18 heavy (non-hydrogen) atoms. The molecule has 0 saturated heterocycles. The van der Waals surface area contributed by atoms with E-state index < -0.39 is 14.8 Å². The quantitative estimate of drug-likeness (QED) is 0.459. The molecule has 0 fully saturated rings. The van der Waals surface area contributed by atoms with E-state index in [0.29, 0.717) is 0 Å². The molecule has 0 aliphatic heterocycles. The molecule has 0 saturated carbocycles. The monoisotopic (exact) mass is 293 g/mol. The molecule has 0 spiro atoms. The lowest BCUT2D eigenvalue weighted by Crippen LogP contribution is -2.25. The second-order valence-electron chi connectivity index (χ2n) is 3.81. The van der Waals surface area contributed by atoms with Gasteiger partial charge in [0.25, 0.3) is 5.69 Å². The SMILES string of the molecule is CN(CCS(C)(=O)=O)c1cc([N+](=O)[O-])cc(Cl)n1. The Balaban J connectivity index is 2.92. The second kappa shape index (κ2) is 5.49. The van der Waals surface area contributed by atoms with Crippen LogP contribution in [-0.4, -0.2) is 43.9 Å². The lowest BCUT2D eigenvalue weighted by molar-refractivity contribution is -0.384. The lowest BCUT2D eigenvalue weighted by Gasteiger charge is -2.17. The first-order valence-corrected chi connectivity index (χ1v) is 7.34. The third-order valence-corrected chi connectivity index (χ3v) is 3.28. The molecule has 9 heteroatoms. The van der Waals surface area contributed by atoms with Crippen molar-refractivity contribution in [2.75, 3.05) is 30.5 Å². The Morgan fingerprint density at radius 1 is 1.50 bits per heavy atom. The molecule has 0 aromatic carbocycles. The third kappa shape index (κ3) is 4.46. The predicted octanol–water partition coefficient (Wildman–Crippen LogP) is 1.12. The van der Waals surface area contributed by atoms with Crippen molar-refractivity contribution >= 4 is 32.9 Å². The van der Waals surface area contributed by atoms with Crippen molar-refractivity contribution in [3.05, 3.63) is 27.4 Å². The Morgan fingerprint density at radius 2 is 2.11 bits per heavy atom. The van der Waals surface area contributed by atoms with Gasteiger partial charge in [0, 0.05) is 19.8 Å². The molecule has 1 aromatic rings. The Bertz CT molecular complexity index is 561. The molecule has 0 bridgehead atoms. The van der Waals surface area contributed by atoms with Gasteiger partial charge in [0.2, 0.25) is 0 Å². The zero-order valence-corrected chi connectivity index (χ0v) is 11.4. The van der Waals surface area contributed by atoms with Crippen LogP contribution in [0, 0.1) is 10.1 Å². The van der Waals surface area contributed by atoms with E-state index >= 15 is 0 Å². The second-order valence-corrected chi connectivity index (χ2v) is 6.46. The topological polar surface area (TPSA) is 93.4 Å². The van der Waals surface area contributed by atoms with Crippen LogP contribution in [0.2, 0.25) is 5.15 Å². The summed E-state index contributed by atoms with van der Waals surface area (Å²) in [7, 11) is -1.51. The molecule has 1 rings (SSSR count). The van der Waals surface area contributed by atoms with Crippen molar-refractivity contribution in [1.29, 1.82) is 0 Å². The maximum atomic E-state index is 11.0. The molecule has 1 aromatic heterocycles. The molecule has 0 atom stereocenters. The van der Waals surface area contributed by atoms with Gasteiger partial charge in [-0.15, -0.1) is 0 Å². The van der Waals surface area contributed by atoms with Gasteiger partial charge in [0.15, 0.2) is 0 Å². The van der Waals surface area contributed by atoms with E-state index in [9.17, 15) is 18.5 Å². The van der Waals surface area contributed by atoms with Gasteiger partial charge in [-0.1, -0.05) is 11.6 Å². The Kier molecular flexibility index (Phi) is 4.47. The summed E-state index contributed by atoms with van der Waals surface area (Å²) in [6, 6.07) is 2.38. The van der Waals surface area contributed by atoms with Gasteiger partial charge in [0.1, 0.15) is 20.8 Å². The van der Waals surface area contributed by atoms with Gasteiger partial charge in [-0.2, -0.15) is 0 Å². The fraction of sp³-hybridized carbons (Fsp3) is 0.444. The highest BCUT2D eigenvalue weighted by molar-refractivity contribution is 7.90. The fourth-order valence-electron chi connectivity index (χ4n) is 1.19. The maximum absolute atomic E-state index is 11.0. The first-order chi connectivity index (χ1) is 8.19. The molecule has 7 nitrogen and oxygen atoms in total. The van der Waals surface area contributed by atoms with E-state index in [2.05, 4.69) is 4.98 Å². The summed E-state index contributed by atoms with van der Waals surface area (Å²) in [6.07, 6.45) is 1.12. The van der Waals surface area contributed by atoms with Gasteiger partial charge in [0.05, 0.1) is 22.8 Å². The number of halogens is 1. The first kappa shape index (κ1) is 14.7. The summed E-state index contributed by atoms with van der Waals surface area (Å²) in [6.45, 7) is 0.184. The van der Waals surface area contributed by atoms with Crippen LogP contribution in [0.15, 0.2) is 12.1 Å². The van der Waals surface area contributed by atoms with Crippen LogP contribution in [0.1, 0.15) is 0 Å². The number of hydrogen-bond donors (Lipinski definition) is 0. The largest absolute Gasteiger partial charge is 0.358 e. The number of aromatic nitrogens is 1. The van der Waals surface area contributed by atoms with Crippen molar-refractivity contribution in [1.82, 2.24) is 4.98 Å². The Morgan fingerprint density at radius 3 is 2.61 bits per heavy atom. The van der Waals surface area contributed by atoms with Crippen LogP contribution in [0.4, 0.5) is 11.5 Å². The molecular formula is C9H12ClN3O4S. The molecule has 0 aliphatic rings. The standard InChI is InChI=1S/C9H12ClN3O4S/c1-12(3-4-18(2,16)17)9-6-7(13(14)15)5-8(10)11-9/h5-6H,3-4H2,1-2H3. The van der Waals surface area contributed by atoms with Crippen LogP contribution < -0.4 is 4.90 Å². The molecule has 0 aliphatic carbocycles. The number of pyridine rings is 1. The number of anilines is 1. The summed E-state index contributed by atoms with van der Waals surface area (Å²) in [5, 5.41) is 10.6. The number of rotatable bonds is 5. The predicted molar refractivity (Wildman–Crippen MR) is 68.9 cm³/mol. The van der Waals surface area contributed by atoms with Gasteiger partial charge in [-0.25, -0.2) is 13.4 Å². The number of nitro groups is 1. The smallest absolute Gasteiger partial charge is 0.276 e. The summed E-state index contributed by atoms with van der Waals surface area (Å²) in [4.78, 5) is 15.5. The van der Waals surface area contributed by atoms with Crippen molar-refractivity contribution in [3.8, 4) is 0 Å². The van der Waals surface area contributed by atoms with Crippen molar-refractivity contribution < 1.29 is 13.3 Å². The van der Waals surface area contributed by atoms with Crippen molar-refractivity contribution in [2.24, 2.45) is 0 Å². The van der Waals surface area contributed by atoms with E-state index in [1.165, 1.54) is 11.0 Å². The Labute approximate surface area is 109 Å². The van der Waals surface area contributed by atoms with Crippen molar-refractivity contribution in [3.63, 3.8) is 0 Å². The van der Waals surface area contributed by atoms with E-state index in [0.717, 1.165) is 12.3 Å². The average molecular weight is 294 g/mol. The molecule has 0 radical (unpaired) electrons. The number of sulfone groups is 1. The van der Waals surface area contributed by atoms with E-state index in [1.807, 2.05) is 0 Å². The molecule has 0 N–H and O–H groups in total. The van der Waals surface area contributed by atoms with E-state index in [1.54, 1.807) is 7.05 Å². The van der Waals surface area contributed by atoms with Crippen LogP contribution in [0.3, 0.4) is 0 Å². The van der Waals surface area contributed by atoms with Crippen LogP contribution >= 0.6 is 11.6 Å². The van der Waals surface area contributed by atoms with Gasteiger partial charge in [-0.05, 0) is 0 Å². The zero-order chi connectivity index (χ0) is 13.9. The minimum Gasteiger partial charge on any atom is -0.358 e. The fourth-order valence-corrected chi connectivity index (χ4v) is 1.99. The molecule has 100 valence electrons. The van der Waals surface area contributed by atoms with Crippen molar-refractivity contribution in [2.45, 2.75) is 0 Å². The van der Waals surface area contributed by atoms with Crippen LogP contribution in [0.5, 0.6) is 0 Å². The minimum absolute atomic E-state index is 0.00888. The zero-order valence-electron chi connectivity index (χ0n) is 9.83. The summed E-state index contributed by atoms with van der Waals surface area (Å²) in [5.41, 5.74) is -0.184. The Hall–Kier alpha value is -1.41. The molecule has 0 unspecified atom stereocenters. The third-order valence-electron chi connectivity index (χ3n) is 2.16. The molecule has 0 amide bonds. The highest BCUT2D eigenvalue weighted by Gasteiger charge is 2.14. The van der Waals surface area contributed by atoms with Gasteiger partial charge >= 0.3 is 0 Å². The number of hydrogen-bond acceptors (Lipinski definition) is 6. The summed E-state index contributed by atoms with van der Waals surface area (Å²) in [5.74, 6) is 0.198. The van der Waals surface area contributed by atoms with Crippen LogP contribution in [0.25, 0.3) is 0 Å². The summed E-state index contributed by atoms with van der Waals surface area (Å²) < 4.78 is 22.1. The van der Waals surface area contributed by atoms with Gasteiger partial charge < -0.3 is 4.90 Å². The molecular weight excluding hydrogens is 282 g/mol. The minimum atomic E-state index is -3.10. The highest BCUT2D eigenvalue weighted by Crippen LogP contribution is 2.22. The maximum Gasteiger partial charge on any atom is 0.276 e.